The summed E-state index contributed by atoms with van der Waals surface area (Å²) in [5.74, 6) is -1.98. The van der Waals surface area contributed by atoms with Crippen molar-refractivity contribution in [3.63, 3.8) is 0 Å². The molecule has 2 N–H and O–H groups in total. The molecule has 0 unspecified atom stereocenters. The molecule has 0 saturated heterocycles. The van der Waals surface area contributed by atoms with E-state index in [0.717, 1.165) is 0 Å². The van der Waals surface area contributed by atoms with Gasteiger partial charge in [0, 0.05) is 6.07 Å². The summed E-state index contributed by atoms with van der Waals surface area (Å²) < 4.78 is 56.6. The number of halogens is 7. The maximum absolute atomic E-state index is 13.8. The highest BCUT2D eigenvalue weighted by molar-refractivity contribution is 6.37. The van der Waals surface area contributed by atoms with E-state index in [4.69, 9.17) is 45.3 Å². The summed E-state index contributed by atoms with van der Waals surface area (Å²) >= 11 is 17.2. The molecule has 22 heavy (non-hydrogen) atoms. The number of hydrogen-bond acceptors (Lipinski definition) is 2. The Morgan fingerprint density at radius 3 is 2.09 bits per heavy atom. The van der Waals surface area contributed by atoms with Gasteiger partial charge in [-0.1, -0.05) is 34.8 Å². The largest absolute Gasteiger partial charge is 0.451 e. The van der Waals surface area contributed by atoms with Crippen molar-refractivity contribution in [2.75, 3.05) is 5.73 Å². The maximum Gasteiger partial charge on any atom is 0.416 e. The van der Waals surface area contributed by atoms with Gasteiger partial charge in [-0.25, -0.2) is 4.39 Å². The molecule has 0 spiro atoms. The fourth-order valence-electron chi connectivity index (χ4n) is 1.55. The summed E-state index contributed by atoms with van der Waals surface area (Å²) in [5.41, 5.74) is 4.42. The van der Waals surface area contributed by atoms with E-state index in [1.807, 2.05) is 0 Å². The van der Waals surface area contributed by atoms with Gasteiger partial charge in [0.15, 0.2) is 11.6 Å². The van der Waals surface area contributed by atoms with Crippen LogP contribution in [0.15, 0.2) is 24.3 Å². The third-order valence-electron chi connectivity index (χ3n) is 2.59. The van der Waals surface area contributed by atoms with Crippen molar-refractivity contribution in [1.29, 1.82) is 0 Å². The quantitative estimate of drug-likeness (QED) is 0.503. The Morgan fingerprint density at radius 2 is 1.55 bits per heavy atom. The summed E-state index contributed by atoms with van der Waals surface area (Å²) in [7, 11) is 0. The lowest BCUT2D eigenvalue weighted by atomic mass is 10.2. The molecule has 0 aromatic heterocycles. The minimum Gasteiger partial charge on any atom is -0.451 e. The van der Waals surface area contributed by atoms with Crippen LogP contribution >= 0.6 is 34.8 Å². The van der Waals surface area contributed by atoms with Crippen molar-refractivity contribution >= 4 is 40.5 Å². The first-order valence-corrected chi connectivity index (χ1v) is 6.71. The van der Waals surface area contributed by atoms with E-state index in [1.165, 1.54) is 12.1 Å². The van der Waals surface area contributed by atoms with Gasteiger partial charge in [0.2, 0.25) is 0 Å². The first-order valence-electron chi connectivity index (χ1n) is 5.58. The first-order chi connectivity index (χ1) is 10.1. The summed E-state index contributed by atoms with van der Waals surface area (Å²) in [5, 5.41) is -0.414. The number of rotatable bonds is 2. The monoisotopic (exact) mass is 373 g/mol. The third-order valence-corrected chi connectivity index (χ3v) is 3.49. The van der Waals surface area contributed by atoms with Crippen LogP contribution in [-0.2, 0) is 6.18 Å². The fraction of sp³-hybridized carbons (Fsp3) is 0.0769. The topological polar surface area (TPSA) is 35.2 Å². The Morgan fingerprint density at radius 1 is 0.909 bits per heavy atom. The summed E-state index contributed by atoms with van der Waals surface area (Å²) in [6.45, 7) is 0. The number of alkyl halides is 3. The molecule has 0 amide bonds. The van der Waals surface area contributed by atoms with Gasteiger partial charge < -0.3 is 10.5 Å². The van der Waals surface area contributed by atoms with Gasteiger partial charge in [0.05, 0.1) is 26.3 Å². The minimum absolute atomic E-state index is 0.00503. The summed E-state index contributed by atoms with van der Waals surface area (Å²) in [4.78, 5) is 0. The Labute approximate surface area is 137 Å². The standard InChI is InChI=1S/C13H6Cl3F4NO/c14-6-3-7(15)11(4-10(6)21)22-12-8(16)1-5(2-9(12)17)13(18,19)20/h1-4H,21H2. The normalized spacial score (nSPS) is 11.6. The van der Waals surface area contributed by atoms with Gasteiger partial charge in [-0.3, -0.25) is 0 Å². The Hall–Kier alpha value is -1.37. The van der Waals surface area contributed by atoms with Crippen molar-refractivity contribution < 1.29 is 22.3 Å². The molecule has 0 radical (unpaired) electrons. The van der Waals surface area contributed by atoms with E-state index in [1.54, 1.807) is 0 Å². The number of nitrogens with two attached hydrogens (primary N) is 1. The van der Waals surface area contributed by atoms with E-state index >= 15 is 0 Å². The molecule has 0 aliphatic carbocycles. The zero-order valence-electron chi connectivity index (χ0n) is 10.4. The fourth-order valence-corrected chi connectivity index (χ4v) is 2.22. The Kier molecular flexibility index (Phi) is 4.65. The molecule has 2 nitrogen and oxygen atoms in total. The zero-order chi connectivity index (χ0) is 16.7. The van der Waals surface area contributed by atoms with E-state index < -0.39 is 28.3 Å². The first kappa shape index (κ1) is 17.0. The van der Waals surface area contributed by atoms with Crippen LogP contribution < -0.4 is 10.5 Å². The number of benzene rings is 2. The van der Waals surface area contributed by atoms with Crippen molar-refractivity contribution in [1.82, 2.24) is 0 Å². The molecular formula is C13H6Cl3F4NO. The van der Waals surface area contributed by atoms with Crippen LogP contribution in [-0.4, -0.2) is 0 Å². The molecule has 118 valence electrons. The molecule has 0 heterocycles. The van der Waals surface area contributed by atoms with Crippen LogP contribution in [0.4, 0.5) is 23.2 Å². The van der Waals surface area contributed by atoms with Crippen LogP contribution in [0, 0.1) is 5.82 Å². The minimum atomic E-state index is -4.73. The number of anilines is 1. The molecule has 0 aliphatic rings. The second kappa shape index (κ2) is 6.02. The van der Waals surface area contributed by atoms with Gasteiger partial charge in [-0.05, 0) is 18.2 Å². The van der Waals surface area contributed by atoms with Gasteiger partial charge in [0.1, 0.15) is 5.75 Å². The molecule has 0 fully saturated rings. The third kappa shape index (κ3) is 3.51. The smallest absolute Gasteiger partial charge is 0.416 e. The van der Waals surface area contributed by atoms with Crippen LogP contribution in [0.2, 0.25) is 15.1 Å². The van der Waals surface area contributed by atoms with E-state index in [0.29, 0.717) is 6.07 Å². The average Bonchev–Trinajstić information content (AvgIpc) is 2.38. The van der Waals surface area contributed by atoms with Gasteiger partial charge in [0.25, 0.3) is 0 Å². The van der Waals surface area contributed by atoms with Crippen molar-refractivity contribution in [3.8, 4) is 11.5 Å². The van der Waals surface area contributed by atoms with E-state index in [9.17, 15) is 17.6 Å². The molecule has 0 saturated carbocycles. The molecule has 2 aromatic rings. The van der Waals surface area contributed by atoms with Crippen molar-refractivity contribution in [2.45, 2.75) is 6.18 Å². The lowest BCUT2D eigenvalue weighted by Gasteiger charge is -2.14. The molecule has 2 rings (SSSR count). The van der Waals surface area contributed by atoms with Gasteiger partial charge in [-0.15, -0.1) is 0 Å². The predicted molar refractivity (Wildman–Crippen MR) is 77.4 cm³/mol. The number of nitrogen functional groups attached to an aromatic ring is 1. The lowest BCUT2D eigenvalue weighted by molar-refractivity contribution is -0.137. The summed E-state index contributed by atoms with van der Waals surface area (Å²) in [6, 6.07) is 3.28. The van der Waals surface area contributed by atoms with Crippen LogP contribution in [0.5, 0.6) is 11.5 Å². The molecular weight excluding hydrogens is 368 g/mol. The Bertz CT molecular complexity index is 711. The van der Waals surface area contributed by atoms with Gasteiger partial charge >= 0.3 is 6.18 Å². The average molecular weight is 375 g/mol. The highest BCUT2D eigenvalue weighted by atomic mass is 35.5. The zero-order valence-corrected chi connectivity index (χ0v) is 12.7. The number of ether oxygens (including phenoxy) is 1. The van der Waals surface area contributed by atoms with E-state index in [-0.39, 0.29) is 27.5 Å². The SMILES string of the molecule is Nc1cc(Oc2c(F)cc(C(F)(F)F)cc2Cl)c(Cl)cc1Cl. The van der Waals surface area contributed by atoms with Gasteiger partial charge in [-0.2, -0.15) is 13.2 Å². The molecule has 0 atom stereocenters. The summed E-state index contributed by atoms with van der Waals surface area (Å²) in [6.07, 6.45) is -4.73. The lowest BCUT2D eigenvalue weighted by Crippen LogP contribution is -2.06. The molecule has 2 aromatic carbocycles. The molecule has 9 heteroatoms. The van der Waals surface area contributed by atoms with Crippen LogP contribution in [0.25, 0.3) is 0 Å². The van der Waals surface area contributed by atoms with Crippen LogP contribution in [0.1, 0.15) is 5.56 Å². The maximum atomic E-state index is 13.8. The second-order valence-corrected chi connectivity index (χ2v) is 5.39. The van der Waals surface area contributed by atoms with E-state index in [2.05, 4.69) is 0 Å². The van der Waals surface area contributed by atoms with Crippen molar-refractivity contribution in [3.05, 3.63) is 50.7 Å². The molecule has 0 aliphatic heterocycles. The number of hydrogen-bond donors (Lipinski definition) is 1. The van der Waals surface area contributed by atoms with Crippen molar-refractivity contribution in [2.24, 2.45) is 0 Å². The highest BCUT2D eigenvalue weighted by Gasteiger charge is 2.32. The molecule has 0 bridgehead atoms. The Balaban J connectivity index is 2.45. The predicted octanol–water partition coefficient (Wildman–Crippen LogP) is 6.18. The second-order valence-electron chi connectivity index (χ2n) is 4.17. The van der Waals surface area contributed by atoms with Crippen LogP contribution in [0.3, 0.4) is 0 Å². The highest BCUT2D eigenvalue weighted by Crippen LogP contribution is 2.41.